The summed E-state index contributed by atoms with van der Waals surface area (Å²) in [7, 11) is 0. The molecule has 0 aromatic heterocycles. The Hall–Kier alpha value is -1.02. The van der Waals surface area contributed by atoms with E-state index in [0.717, 1.165) is 25.2 Å². The van der Waals surface area contributed by atoms with Gasteiger partial charge in [0.05, 0.1) is 0 Å². The first kappa shape index (κ1) is 21.0. The Morgan fingerprint density at radius 1 is 0.708 bits per heavy atom. The second kappa shape index (κ2) is 15.5. The standard InChI is InChI=1S/C22H38O2/c1-2-3-4-5-9-14-19-24-20-15-10-7-6-8-11-16-21-17-12-13-18-22(21)23/h12-13,17-18,23H,2-11,14-16,19-20H2,1H3. The van der Waals surface area contributed by atoms with E-state index < -0.39 is 0 Å². The van der Waals surface area contributed by atoms with E-state index in [9.17, 15) is 5.11 Å². The molecule has 1 aromatic carbocycles. The quantitative estimate of drug-likeness (QED) is 0.343. The fourth-order valence-electron chi connectivity index (χ4n) is 3.04. The lowest BCUT2D eigenvalue weighted by Gasteiger charge is -2.05. The summed E-state index contributed by atoms with van der Waals surface area (Å²) < 4.78 is 5.71. The summed E-state index contributed by atoms with van der Waals surface area (Å²) in [6, 6.07) is 7.69. The molecule has 1 rings (SSSR count). The summed E-state index contributed by atoms with van der Waals surface area (Å²) in [6.07, 6.45) is 16.5. The summed E-state index contributed by atoms with van der Waals surface area (Å²) in [5.41, 5.74) is 1.08. The van der Waals surface area contributed by atoms with Gasteiger partial charge in [0.25, 0.3) is 0 Å². The summed E-state index contributed by atoms with van der Waals surface area (Å²) in [4.78, 5) is 0. The summed E-state index contributed by atoms with van der Waals surface area (Å²) in [5.74, 6) is 0.444. The van der Waals surface area contributed by atoms with Gasteiger partial charge in [-0.25, -0.2) is 0 Å². The lowest BCUT2D eigenvalue weighted by atomic mass is 10.0. The Labute approximate surface area is 149 Å². The molecule has 2 heteroatoms. The minimum absolute atomic E-state index is 0.444. The van der Waals surface area contributed by atoms with Crippen LogP contribution in [0.2, 0.25) is 0 Å². The Balaban J connectivity index is 1.77. The molecule has 0 aliphatic rings. The summed E-state index contributed by atoms with van der Waals surface area (Å²) in [5, 5.41) is 9.71. The van der Waals surface area contributed by atoms with Crippen LogP contribution in [0.25, 0.3) is 0 Å². The maximum atomic E-state index is 9.71. The molecule has 1 aromatic rings. The van der Waals surface area contributed by atoms with Gasteiger partial charge < -0.3 is 9.84 Å². The Morgan fingerprint density at radius 2 is 1.25 bits per heavy atom. The molecule has 0 radical (unpaired) electrons. The van der Waals surface area contributed by atoms with Crippen molar-refractivity contribution >= 4 is 0 Å². The van der Waals surface area contributed by atoms with Crippen LogP contribution in [-0.4, -0.2) is 18.3 Å². The van der Waals surface area contributed by atoms with Gasteiger partial charge in [-0.3, -0.25) is 0 Å². The first-order valence-corrected chi connectivity index (χ1v) is 10.2. The van der Waals surface area contributed by atoms with Gasteiger partial charge in [-0.05, 0) is 37.3 Å². The largest absolute Gasteiger partial charge is 0.508 e. The number of aromatic hydroxyl groups is 1. The molecule has 0 unspecified atom stereocenters. The Bertz CT molecular complexity index is 389. The first-order chi connectivity index (χ1) is 11.8. The molecular weight excluding hydrogens is 296 g/mol. The molecule has 1 N–H and O–H groups in total. The third kappa shape index (κ3) is 11.5. The van der Waals surface area contributed by atoms with Gasteiger partial charge >= 0.3 is 0 Å². The van der Waals surface area contributed by atoms with Crippen LogP contribution in [0.4, 0.5) is 0 Å². The molecule has 138 valence electrons. The molecule has 0 saturated heterocycles. The number of aryl methyl sites for hydroxylation is 1. The van der Waals surface area contributed by atoms with E-state index in [1.54, 1.807) is 6.07 Å². The molecule has 2 nitrogen and oxygen atoms in total. The van der Waals surface area contributed by atoms with Crippen molar-refractivity contribution in [1.29, 1.82) is 0 Å². The number of hydrogen-bond donors (Lipinski definition) is 1. The van der Waals surface area contributed by atoms with E-state index in [-0.39, 0.29) is 0 Å². The SMILES string of the molecule is CCCCCCCCOCCCCCCCCc1ccccc1O. The predicted octanol–water partition coefficient (Wildman–Crippen LogP) is 6.65. The molecule has 0 aliphatic carbocycles. The number of para-hydroxylation sites is 1. The van der Waals surface area contributed by atoms with Crippen LogP contribution in [0.15, 0.2) is 24.3 Å². The second-order valence-electron chi connectivity index (χ2n) is 6.88. The highest BCUT2D eigenvalue weighted by Gasteiger charge is 1.99. The van der Waals surface area contributed by atoms with Crippen LogP contribution in [0, 0.1) is 0 Å². The van der Waals surface area contributed by atoms with Crippen molar-refractivity contribution in [2.75, 3.05) is 13.2 Å². The predicted molar refractivity (Wildman–Crippen MR) is 104 cm³/mol. The van der Waals surface area contributed by atoms with Crippen molar-refractivity contribution in [1.82, 2.24) is 0 Å². The van der Waals surface area contributed by atoms with Gasteiger partial charge in [-0.1, -0.05) is 82.9 Å². The van der Waals surface area contributed by atoms with Crippen LogP contribution < -0.4 is 0 Å². The van der Waals surface area contributed by atoms with E-state index in [1.807, 2.05) is 18.2 Å². The van der Waals surface area contributed by atoms with Crippen molar-refractivity contribution in [3.8, 4) is 5.75 Å². The molecule has 0 bridgehead atoms. The Kier molecular flexibility index (Phi) is 13.6. The van der Waals surface area contributed by atoms with Gasteiger partial charge in [0.15, 0.2) is 0 Å². The van der Waals surface area contributed by atoms with Gasteiger partial charge in [0.1, 0.15) is 5.75 Å². The smallest absolute Gasteiger partial charge is 0.118 e. The highest BCUT2D eigenvalue weighted by atomic mass is 16.5. The van der Waals surface area contributed by atoms with Crippen LogP contribution >= 0.6 is 0 Å². The molecular formula is C22H38O2. The fourth-order valence-corrected chi connectivity index (χ4v) is 3.04. The van der Waals surface area contributed by atoms with Crippen LogP contribution in [0.3, 0.4) is 0 Å². The van der Waals surface area contributed by atoms with E-state index in [1.165, 1.54) is 77.0 Å². The number of hydrogen-bond acceptors (Lipinski definition) is 2. The number of unbranched alkanes of at least 4 members (excludes halogenated alkanes) is 10. The summed E-state index contributed by atoms with van der Waals surface area (Å²) >= 11 is 0. The normalized spacial score (nSPS) is 11.0. The number of phenols is 1. The Morgan fingerprint density at radius 3 is 1.88 bits per heavy atom. The maximum absolute atomic E-state index is 9.71. The third-order valence-electron chi connectivity index (χ3n) is 4.62. The minimum atomic E-state index is 0.444. The maximum Gasteiger partial charge on any atom is 0.118 e. The van der Waals surface area contributed by atoms with Crippen LogP contribution in [-0.2, 0) is 11.2 Å². The average molecular weight is 335 g/mol. The van der Waals surface area contributed by atoms with E-state index in [4.69, 9.17) is 4.74 Å². The first-order valence-electron chi connectivity index (χ1n) is 10.2. The number of ether oxygens (including phenoxy) is 1. The number of benzene rings is 1. The molecule has 0 saturated carbocycles. The molecule has 0 amide bonds. The number of phenolic OH excluding ortho intramolecular Hbond substituents is 1. The molecule has 0 fully saturated rings. The molecule has 0 atom stereocenters. The lowest BCUT2D eigenvalue weighted by Crippen LogP contribution is -1.97. The highest BCUT2D eigenvalue weighted by Crippen LogP contribution is 2.18. The van der Waals surface area contributed by atoms with Crippen molar-refractivity contribution in [2.24, 2.45) is 0 Å². The molecule has 0 aliphatic heterocycles. The fraction of sp³-hybridized carbons (Fsp3) is 0.727. The zero-order valence-electron chi connectivity index (χ0n) is 15.8. The van der Waals surface area contributed by atoms with E-state index in [2.05, 4.69) is 6.92 Å². The number of rotatable bonds is 16. The lowest BCUT2D eigenvalue weighted by molar-refractivity contribution is 0.125. The highest BCUT2D eigenvalue weighted by molar-refractivity contribution is 5.31. The van der Waals surface area contributed by atoms with E-state index in [0.29, 0.717) is 5.75 Å². The third-order valence-corrected chi connectivity index (χ3v) is 4.62. The zero-order chi connectivity index (χ0) is 17.3. The van der Waals surface area contributed by atoms with Crippen molar-refractivity contribution < 1.29 is 9.84 Å². The second-order valence-corrected chi connectivity index (χ2v) is 6.88. The van der Waals surface area contributed by atoms with Gasteiger partial charge in [-0.15, -0.1) is 0 Å². The van der Waals surface area contributed by atoms with Gasteiger partial charge in [0.2, 0.25) is 0 Å². The van der Waals surface area contributed by atoms with E-state index >= 15 is 0 Å². The zero-order valence-corrected chi connectivity index (χ0v) is 15.8. The average Bonchev–Trinajstić information content (AvgIpc) is 2.60. The van der Waals surface area contributed by atoms with Gasteiger partial charge in [0, 0.05) is 13.2 Å². The van der Waals surface area contributed by atoms with Gasteiger partial charge in [-0.2, -0.15) is 0 Å². The monoisotopic (exact) mass is 334 g/mol. The minimum Gasteiger partial charge on any atom is -0.508 e. The van der Waals surface area contributed by atoms with Crippen molar-refractivity contribution in [3.05, 3.63) is 29.8 Å². The topological polar surface area (TPSA) is 29.5 Å². The summed E-state index contributed by atoms with van der Waals surface area (Å²) in [6.45, 7) is 4.15. The molecule has 0 spiro atoms. The van der Waals surface area contributed by atoms with Crippen LogP contribution in [0.5, 0.6) is 5.75 Å². The molecule has 0 heterocycles. The van der Waals surface area contributed by atoms with Crippen molar-refractivity contribution in [2.45, 2.75) is 90.4 Å². The van der Waals surface area contributed by atoms with Crippen molar-refractivity contribution in [3.63, 3.8) is 0 Å². The van der Waals surface area contributed by atoms with Crippen LogP contribution in [0.1, 0.15) is 89.5 Å². The molecule has 24 heavy (non-hydrogen) atoms.